The van der Waals surface area contributed by atoms with Gasteiger partial charge >= 0.3 is 12.0 Å². The number of benzene rings is 3. The van der Waals surface area contributed by atoms with Crippen molar-refractivity contribution in [3.8, 4) is 11.5 Å². The zero-order valence-corrected chi connectivity index (χ0v) is 18.7. The van der Waals surface area contributed by atoms with Gasteiger partial charge in [0.25, 0.3) is 11.8 Å². The first kappa shape index (κ1) is 23.5. The van der Waals surface area contributed by atoms with Gasteiger partial charge in [-0.2, -0.15) is 0 Å². The van der Waals surface area contributed by atoms with Gasteiger partial charge < -0.3 is 20.5 Å². The average molecular weight is 473 g/mol. The van der Waals surface area contributed by atoms with Gasteiger partial charge in [-0.3, -0.25) is 19.3 Å². The Bertz CT molecular complexity index is 1230. The molecular formula is C26H23N3O6. The molecule has 1 aliphatic rings. The molecule has 35 heavy (non-hydrogen) atoms. The van der Waals surface area contributed by atoms with Gasteiger partial charge in [0.2, 0.25) is 0 Å². The number of hydrogen-bond donors (Lipinski definition) is 2. The summed E-state index contributed by atoms with van der Waals surface area (Å²) in [6, 6.07) is 21.0. The van der Waals surface area contributed by atoms with Crippen molar-refractivity contribution in [2.24, 2.45) is 5.73 Å². The lowest BCUT2D eigenvalue weighted by atomic mass is 10.0. The smallest absolute Gasteiger partial charge is 0.312 e. The molecule has 0 aliphatic carbocycles. The Balaban J connectivity index is 1.36. The van der Waals surface area contributed by atoms with E-state index in [1.807, 2.05) is 18.2 Å². The van der Waals surface area contributed by atoms with Crippen LogP contribution in [0.3, 0.4) is 0 Å². The molecule has 1 atom stereocenters. The highest BCUT2D eigenvalue weighted by atomic mass is 16.5. The van der Waals surface area contributed by atoms with Crippen LogP contribution in [0, 0.1) is 0 Å². The second kappa shape index (κ2) is 10.5. The van der Waals surface area contributed by atoms with Gasteiger partial charge in [-0.1, -0.05) is 42.5 Å². The lowest BCUT2D eigenvalue weighted by molar-refractivity contribution is -0.144. The Labute approximate surface area is 201 Å². The maximum atomic E-state index is 12.5. The highest BCUT2D eigenvalue weighted by molar-refractivity contribution is 6.21. The highest BCUT2D eigenvalue weighted by Gasteiger charge is 2.34. The second-order valence-electron chi connectivity index (χ2n) is 7.78. The minimum atomic E-state index is -0.803. The quantitative estimate of drug-likeness (QED) is 0.362. The van der Waals surface area contributed by atoms with E-state index in [-0.39, 0.29) is 19.6 Å². The van der Waals surface area contributed by atoms with Crippen molar-refractivity contribution in [1.29, 1.82) is 0 Å². The van der Waals surface area contributed by atoms with E-state index >= 15 is 0 Å². The predicted molar refractivity (Wildman–Crippen MR) is 126 cm³/mol. The number of esters is 1. The van der Waals surface area contributed by atoms with Crippen LogP contribution < -0.4 is 15.8 Å². The van der Waals surface area contributed by atoms with Crippen LogP contribution in [0.25, 0.3) is 0 Å². The molecule has 0 radical (unpaired) electrons. The summed E-state index contributed by atoms with van der Waals surface area (Å²) >= 11 is 0. The maximum Gasteiger partial charge on any atom is 0.312 e. The van der Waals surface area contributed by atoms with Gasteiger partial charge in [-0.15, -0.1) is 0 Å². The monoisotopic (exact) mass is 473 g/mol. The lowest BCUT2D eigenvalue weighted by Crippen LogP contribution is -2.36. The molecule has 0 aromatic heterocycles. The van der Waals surface area contributed by atoms with E-state index < -0.39 is 29.9 Å². The van der Waals surface area contributed by atoms with Gasteiger partial charge in [0, 0.05) is 0 Å². The summed E-state index contributed by atoms with van der Waals surface area (Å²) in [6.45, 7) is -0.253. The van der Waals surface area contributed by atoms with E-state index in [2.05, 4.69) is 5.32 Å². The number of fused-ring (bicyclic) bond motifs is 1. The van der Waals surface area contributed by atoms with Crippen LogP contribution in [-0.2, 0) is 9.53 Å². The fraction of sp³-hybridized carbons (Fsp3) is 0.154. The molecule has 3 aromatic carbocycles. The molecule has 0 unspecified atom stereocenters. The maximum absolute atomic E-state index is 12.5. The van der Waals surface area contributed by atoms with Gasteiger partial charge in [0.1, 0.15) is 18.1 Å². The number of rotatable bonds is 9. The predicted octanol–water partition coefficient (Wildman–Crippen LogP) is 3.42. The van der Waals surface area contributed by atoms with Crippen LogP contribution >= 0.6 is 0 Å². The molecule has 0 fully saturated rings. The summed E-state index contributed by atoms with van der Waals surface area (Å²) in [4.78, 5) is 49.9. The summed E-state index contributed by atoms with van der Waals surface area (Å²) in [5, 5.41) is 2.54. The molecule has 4 rings (SSSR count). The van der Waals surface area contributed by atoms with Gasteiger partial charge in [0.15, 0.2) is 0 Å². The van der Waals surface area contributed by atoms with E-state index in [4.69, 9.17) is 15.2 Å². The zero-order chi connectivity index (χ0) is 24.8. The first-order chi connectivity index (χ1) is 16.9. The van der Waals surface area contributed by atoms with Crippen molar-refractivity contribution in [2.45, 2.75) is 12.5 Å². The number of nitrogens with zero attached hydrogens (tertiary/aromatic N) is 1. The molecule has 178 valence electrons. The fourth-order valence-corrected chi connectivity index (χ4v) is 3.76. The summed E-state index contributed by atoms with van der Waals surface area (Å²) < 4.78 is 11.1. The second-order valence-corrected chi connectivity index (χ2v) is 7.78. The van der Waals surface area contributed by atoms with Gasteiger partial charge in [-0.25, -0.2) is 4.79 Å². The SMILES string of the molecule is NC(=O)N[C@H](CC(=O)OCCN1C(=O)c2ccccc2C1=O)c1cccc(Oc2ccccc2)c1. The van der Waals surface area contributed by atoms with Crippen LogP contribution in [0.1, 0.15) is 38.7 Å². The van der Waals surface area contributed by atoms with Crippen LogP contribution in [0.4, 0.5) is 4.79 Å². The summed E-state index contributed by atoms with van der Waals surface area (Å²) in [6.07, 6.45) is -0.208. The third kappa shape index (κ3) is 5.64. The van der Waals surface area contributed by atoms with Crippen molar-refractivity contribution < 1.29 is 28.7 Å². The Morgan fingerprint density at radius 2 is 1.49 bits per heavy atom. The molecule has 0 bridgehead atoms. The molecule has 9 nitrogen and oxygen atoms in total. The number of para-hydroxylation sites is 1. The summed E-state index contributed by atoms with van der Waals surface area (Å²) in [7, 11) is 0. The van der Waals surface area contributed by atoms with E-state index in [0.29, 0.717) is 28.2 Å². The van der Waals surface area contributed by atoms with E-state index in [9.17, 15) is 19.2 Å². The topological polar surface area (TPSA) is 128 Å². The van der Waals surface area contributed by atoms with Crippen molar-refractivity contribution in [3.63, 3.8) is 0 Å². The molecule has 3 N–H and O–H groups in total. The van der Waals surface area contributed by atoms with Crippen LogP contribution in [0.2, 0.25) is 0 Å². The minimum absolute atomic E-state index is 0.0770. The number of amides is 4. The number of imide groups is 1. The standard InChI is InChI=1S/C26H23N3O6/c27-26(33)28-22(17-7-6-10-19(15-17)35-18-8-2-1-3-9-18)16-23(30)34-14-13-29-24(31)20-11-4-5-12-21(20)25(29)32/h1-12,15,22H,13-14,16H2,(H3,27,28,33)/t22-/m1/s1. The number of nitrogens with one attached hydrogen (secondary N) is 1. The number of carbonyl (C=O) groups is 4. The normalized spacial score (nSPS) is 13.2. The number of primary amides is 1. The molecule has 0 saturated carbocycles. The molecule has 1 aliphatic heterocycles. The zero-order valence-electron chi connectivity index (χ0n) is 18.7. The number of ether oxygens (including phenoxy) is 2. The van der Waals surface area contributed by atoms with Crippen molar-refractivity contribution in [3.05, 3.63) is 95.6 Å². The number of hydrogen-bond acceptors (Lipinski definition) is 6. The lowest BCUT2D eigenvalue weighted by Gasteiger charge is -2.19. The van der Waals surface area contributed by atoms with Gasteiger partial charge in [0.05, 0.1) is 30.1 Å². The van der Waals surface area contributed by atoms with Gasteiger partial charge in [-0.05, 0) is 42.0 Å². The molecule has 1 heterocycles. The van der Waals surface area contributed by atoms with E-state index in [0.717, 1.165) is 4.90 Å². The Morgan fingerprint density at radius 1 is 0.857 bits per heavy atom. The number of carbonyl (C=O) groups excluding carboxylic acids is 4. The third-order valence-electron chi connectivity index (χ3n) is 5.38. The molecule has 0 saturated heterocycles. The van der Waals surface area contributed by atoms with Crippen LogP contribution in [0.15, 0.2) is 78.9 Å². The molecule has 4 amide bonds. The Kier molecular flexibility index (Phi) is 7.06. The fourth-order valence-electron chi connectivity index (χ4n) is 3.76. The van der Waals surface area contributed by atoms with Crippen LogP contribution in [0.5, 0.6) is 11.5 Å². The van der Waals surface area contributed by atoms with Crippen molar-refractivity contribution in [1.82, 2.24) is 10.2 Å². The molecule has 0 spiro atoms. The number of nitrogens with two attached hydrogens (primary N) is 1. The summed E-state index contributed by atoms with van der Waals surface area (Å²) in [5.41, 5.74) is 6.55. The molecular weight excluding hydrogens is 450 g/mol. The summed E-state index contributed by atoms with van der Waals surface area (Å²) in [5.74, 6) is -0.328. The molecule has 3 aromatic rings. The minimum Gasteiger partial charge on any atom is -0.464 e. The van der Waals surface area contributed by atoms with Crippen molar-refractivity contribution in [2.75, 3.05) is 13.2 Å². The largest absolute Gasteiger partial charge is 0.464 e. The highest BCUT2D eigenvalue weighted by Crippen LogP contribution is 2.26. The third-order valence-corrected chi connectivity index (χ3v) is 5.38. The Hall–Kier alpha value is -4.66. The van der Waals surface area contributed by atoms with Crippen molar-refractivity contribution >= 4 is 23.8 Å². The van der Waals surface area contributed by atoms with E-state index in [1.165, 1.54) is 0 Å². The average Bonchev–Trinajstić information content (AvgIpc) is 3.09. The first-order valence-corrected chi connectivity index (χ1v) is 10.9. The first-order valence-electron chi connectivity index (χ1n) is 10.9. The molecule has 9 heteroatoms. The Morgan fingerprint density at radius 3 is 2.14 bits per heavy atom. The van der Waals surface area contributed by atoms with Crippen LogP contribution in [-0.4, -0.2) is 41.9 Å². The number of urea groups is 1. The van der Waals surface area contributed by atoms with E-state index in [1.54, 1.807) is 60.7 Å².